The number of hydrogen-bond acceptors (Lipinski definition) is 6. The molecular formula is C30H32Cl2FN3O3S. The molecule has 1 saturated carbocycles. The van der Waals surface area contributed by atoms with Gasteiger partial charge < -0.3 is 14.5 Å². The van der Waals surface area contributed by atoms with Crippen LogP contribution >= 0.6 is 35.0 Å². The third-order valence-corrected chi connectivity index (χ3v) is 9.51. The number of carbonyl (C=O) groups is 2. The summed E-state index contributed by atoms with van der Waals surface area (Å²) in [7, 11) is 0. The van der Waals surface area contributed by atoms with Crippen LogP contribution < -0.4 is 0 Å². The van der Waals surface area contributed by atoms with Crippen molar-refractivity contribution in [2.24, 2.45) is 10.9 Å². The predicted molar refractivity (Wildman–Crippen MR) is 158 cm³/mol. The maximum absolute atomic E-state index is 14.8. The Morgan fingerprint density at radius 1 is 1.18 bits per heavy atom. The van der Waals surface area contributed by atoms with Gasteiger partial charge in [0.25, 0.3) is 5.91 Å². The van der Waals surface area contributed by atoms with E-state index in [0.717, 1.165) is 11.3 Å². The molecule has 2 aromatic rings. The topological polar surface area (TPSA) is 62.2 Å². The maximum atomic E-state index is 14.8. The molecule has 1 fully saturated rings. The number of ether oxygens (including phenoxy) is 1. The van der Waals surface area contributed by atoms with Gasteiger partial charge in [-0.1, -0.05) is 55.2 Å². The molecule has 0 saturated heterocycles. The Labute approximate surface area is 248 Å². The number of nitrogens with zero attached hydrogens (tertiary/aromatic N) is 3. The summed E-state index contributed by atoms with van der Waals surface area (Å²) in [6.07, 6.45) is 1.15. The smallest absolute Gasteiger partial charge is 0.332 e. The summed E-state index contributed by atoms with van der Waals surface area (Å²) >= 11 is 13.6. The van der Waals surface area contributed by atoms with Gasteiger partial charge in [-0.05, 0) is 86.7 Å². The molecule has 2 aromatic carbocycles. The van der Waals surface area contributed by atoms with Crippen LogP contribution in [-0.2, 0) is 19.9 Å². The number of benzene rings is 2. The number of thioether (sulfide) groups is 1. The number of esters is 1. The molecular weight excluding hydrogens is 572 g/mol. The number of hydrogen-bond donors (Lipinski definition) is 0. The van der Waals surface area contributed by atoms with E-state index < -0.39 is 22.9 Å². The van der Waals surface area contributed by atoms with Gasteiger partial charge in [0, 0.05) is 17.3 Å². The molecule has 0 radical (unpaired) electrons. The zero-order valence-corrected chi connectivity index (χ0v) is 25.5. The Kier molecular flexibility index (Phi) is 7.74. The first-order valence-electron chi connectivity index (χ1n) is 13.5. The Hall–Kier alpha value is -2.55. The first-order valence-corrected chi connectivity index (χ1v) is 15.1. The minimum absolute atomic E-state index is 0.0367. The Bertz CT molecular complexity index is 1420. The van der Waals surface area contributed by atoms with E-state index in [9.17, 15) is 14.0 Å². The second kappa shape index (κ2) is 10.7. The van der Waals surface area contributed by atoms with Gasteiger partial charge in [-0.15, -0.1) is 0 Å². The van der Waals surface area contributed by atoms with Crippen molar-refractivity contribution in [1.82, 2.24) is 9.80 Å². The van der Waals surface area contributed by atoms with Gasteiger partial charge in [0.1, 0.15) is 21.8 Å². The van der Waals surface area contributed by atoms with Crippen molar-refractivity contribution in [2.75, 3.05) is 13.2 Å². The van der Waals surface area contributed by atoms with Crippen molar-refractivity contribution in [1.29, 1.82) is 0 Å². The van der Waals surface area contributed by atoms with Gasteiger partial charge in [0.15, 0.2) is 5.17 Å². The molecule has 0 N–H and O–H groups in total. The summed E-state index contributed by atoms with van der Waals surface area (Å²) in [6, 6.07) is 11.8. The van der Waals surface area contributed by atoms with Gasteiger partial charge in [-0.25, -0.2) is 14.2 Å². The molecule has 10 heteroatoms. The molecule has 212 valence electrons. The Morgan fingerprint density at radius 2 is 1.85 bits per heavy atom. The van der Waals surface area contributed by atoms with E-state index >= 15 is 0 Å². The van der Waals surface area contributed by atoms with Crippen LogP contribution in [-0.4, -0.2) is 45.5 Å². The third kappa shape index (κ3) is 4.62. The highest BCUT2D eigenvalue weighted by molar-refractivity contribution is 8.18. The van der Waals surface area contributed by atoms with Crippen molar-refractivity contribution in [3.05, 3.63) is 80.1 Å². The largest absolute Gasteiger partial charge is 0.464 e. The second-order valence-electron chi connectivity index (χ2n) is 10.8. The number of likely N-dealkylation sites (N-methyl/N-ethyl adjacent to an activating group) is 1. The molecule has 40 heavy (non-hydrogen) atoms. The molecule has 6 nitrogen and oxygen atoms in total. The number of amides is 1. The number of carbonyl (C=O) groups excluding carboxylic acids is 2. The Balaban J connectivity index is 1.63. The number of fused-ring (bicyclic) bond motifs is 1. The van der Waals surface area contributed by atoms with Crippen molar-refractivity contribution < 1.29 is 18.7 Å². The monoisotopic (exact) mass is 603 g/mol. The SMILES string of the molecule is CCOC(=O)C1(N(CC)C(=O)C2=C(C(C)C)N3C(=N[C@@](C)(c4ccc(Cl)cc4)[C@H]3c3ccc(Cl)c(F)c3)S2)CC1. The minimum Gasteiger partial charge on any atom is -0.464 e. The zero-order valence-electron chi connectivity index (χ0n) is 23.1. The van der Waals surface area contributed by atoms with Crippen LogP contribution in [0, 0.1) is 11.7 Å². The highest BCUT2D eigenvalue weighted by Gasteiger charge is 2.59. The van der Waals surface area contributed by atoms with E-state index in [1.54, 1.807) is 17.9 Å². The average Bonchev–Trinajstić information content (AvgIpc) is 3.55. The normalized spacial score (nSPS) is 22.9. The lowest BCUT2D eigenvalue weighted by atomic mass is 9.81. The molecule has 1 amide bonds. The van der Waals surface area contributed by atoms with Gasteiger partial charge in [0.2, 0.25) is 0 Å². The molecule has 2 atom stereocenters. The van der Waals surface area contributed by atoms with E-state index in [4.69, 9.17) is 32.9 Å². The Morgan fingerprint density at radius 3 is 2.40 bits per heavy atom. The highest BCUT2D eigenvalue weighted by Crippen LogP contribution is 2.57. The summed E-state index contributed by atoms with van der Waals surface area (Å²) in [4.78, 5) is 36.5. The number of halogens is 3. The van der Waals surface area contributed by atoms with Gasteiger partial charge in [-0.3, -0.25) is 4.79 Å². The lowest BCUT2D eigenvalue weighted by Crippen LogP contribution is -2.48. The fourth-order valence-corrected chi connectivity index (χ4v) is 7.43. The fraction of sp³-hybridized carbons (Fsp3) is 0.433. The molecule has 5 rings (SSSR count). The van der Waals surface area contributed by atoms with E-state index in [2.05, 4.69) is 4.90 Å². The molecule has 3 aliphatic rings. The van der Waals surface area contributed by atoms with Crippen molar-refractivity contribution in [3.63, 3.8) is 0 Å². The molecule has 2 aliphatic heterocycles. The van der Waals surface area contributed by atoms with Crippen LogP contribution in [0.1, 0.15) is 64.6 Å². The third-order valence-electron chi connectivity index (χ3n) is 7.90. The van der Waals surface area contributed by atoms with Crippen LogP contribution in [0.4, 0.5) is 4.39 Å². The molecule has 0 spiro atoms. The second-order valence-corrected chi connectivity index (χ2v) is 12.6. The summed E-state index contributed by atoms with van der Waals surface area (Å²) in [6.45, 7) is 10.3. The molecule has 0 aromatic heterocycles. The minimum atomic E-state index is -0.928. The van der Waals surface area contributed by atoms with Crippen LogP contribution in [0.25, 0.3) is 0 Å². The molecule has 2 heterocycles. The van der Waals surface area contributed by atoms with Gasteiger partial charge in [0.05, 0.1) is 17.7 Å². The number of aliphatic imine (C=N–C) groups is 1. The summed E-state index contributed by atoms with van der Waals surface area (Å²) in [5, 5.41) is 1.30. The number of amidine groups is 1. The number of rotatable bonds is 8. The van der Waals surface area contributed by atoms with E-state index in [1.807, 2.05) is 58.0 Å². The molecule has 1 aliphatic carbocycles. The predicted octanol–water partition coefficient (Wildman–Crippen LogP) is 7.32. The van der Waals surface area contributed by atoms with Gasteiger partial charge in [-0.2, -0.15) is 0 Å². The van der Waals surface area contributed by atoms with E-state index in [0.29, 0.717) is 40.0 Å². The molecule has 0 unspecified atom stereocenters. The zero-order chi connectivity index (χ0) is 29.0. The van der Waals surface area contributed by atoms with Crippen LogP contribution in [0.2, 0.25) is 10.0 Å². The first-order chi connectivity index (χ1) is 19.0. The van der Waals surface area contributed by atoms with Gasteiger partial charge >= 0.3 is 5.97 Å². The fourth-order valence-electron chi connectivity index (χ4n) is 5.83. The lowest BCUT2D eigenvalue weighted by molar-refractivity contribution is -0.155. The van der Waals surface area contributed by atoms with Crippen molar-refractivity contribution in [2.45, 2.75) is 64.6 Å². The van der Waals surface area contributed by atoms with Crippen LogP contribution in [0.5, 0.6) is 0 Å². The summed E-state index contributed by atoms with van der Waals surface area (Å²) in [5.74, 6) is -1.16. The molecule has 0 bridgehead atoms. The average molecular weight is 605 g/mol. The number of allylic oxidation sites excluding steroid dienone is 1. The van der Waals surface area contributed by atoms with Crippen molar-refractivity contribution in [3.8, 4) is 0 Å². The lowest BCUT2D eigenvalue weighted by Gasteiger charge is -2.37. The summed E-state index contributed by atoms with van der Waals surface area (Å²) in [5.41, 5.74) is 0.649. The highest BCUT2D eigenvalue weighted by atomic mass is 35.5. The first kappa shape index (κ1) is 29.0. The van der Waals surface area contributed by atoms with Crippen LogP contribution in [0.3, 0.4) is 0 Å². The standard InChI is InChI=1S/C30H32Cl2FN3O3S/c1-6-35(30(14-15-30)27(38)39-7-2)26(37)24-23(17(3)4)36-25(18-8-13-21(32)22(33)16-18)29(5,34-28(36)40-24)19-9-11-20(31)12-10-19/h8-13,16-17,25H,6-7,14-15H2,1-5H3/t25-,29+/m1/s1. The summed E-state index contributed by atoms with van der Waals surface area (Å²) < 4.78 is 20.2. The maximum Gasteiger partial charge on any atom is 0.332 e. The van der Waals surface area contributed by atoms with E-state index in [1.165, 1.54) is 17.8 Å². The van der Waals surface area contributed by atoms with Crippen LogP contribution in [0.15, 0.2) is 58.1 Å². The van der Waals surface area contributed by atoms with E-state index in [-0.39, 0.29) is 29.4 Å². The van der Waals surface area contributed by atoms with Crippen molar-refractivity contribution >= 4 is 52.0 Å². The quantitative estimate of drug-likeness (QED) is 0.296.